The van der Waals surface area contributed by atoms with Crippen LogP contribution in [0.5, 0.6) is 0 Å². The van der Waals surface area contributed by atoms with E-state index in [2.05, 4.69) is 12.2 Å². The minimum Gasteiger partial charge on any atom is -0.377 e. The van der Waals surface area contributed by atoms with E-state index in [4.69, 9.17) is 0 Å². The highest BCUT2D eigenvalue weighted by Gasteiger charge is 2.23. The van der Waals surface area contributed by atoms with Crippen molar-refractivity contribution in [1.82, 2.24) is 4.90 Å². The zero-order valence-corrected chi connectivity index (χ0v) is 18.4. The zero-order chi connectivity index (χ0) is 21.5. The van der Waals surface area contributed by atoms with Crippen molar-refractivity contribution in [1.29, 1.82) is 0 Å². The van der Waals surface area contributed by atoms with E-state index in [1.165, 1.54) is 24.8 Å². The van der Waals surface area contributed by atoms with Gasteiger partial charge >= 0.3 is 0 Å². The Balaban J connectivity index is 1.73. The van der Waals surface area contributed by atoms with Crippen LogP contribution in [0.1, 0.15) is 65.3 Å². The second-order valence-corrected chi connectivity index (χ2v) is 8.23. The quantitative estimate of drug-likeness (QED) is 0.628. The van der Waals surface area contributed by atoms with E-state index in [0.717, 1.165) is 38.0 Å². The smallest absolute Gasteiger partial charge is 0.256 e. The fourth-order valence-electron chi connectivity index (χ4n) is 3.87. The normalized spacial score (nSPS) is 13.4. The molecule has 1 fully saturated rings. The van der Waals surface area contributed by atoms with Gasteiger partial charge in [-0.25, -0.2) is 0 Å². The Hall–Kier alpha value is -2.82. The highest BCUT2D eigenvalue weighted by molar-refractivity contribution is 6.06. The van der Waals surface area contributed by atoms with E-state index in [1.807, 2.05) is 60.3 Å². The van der Waals surface area contributed by atoms with Crippen molar-refractivity contribution in [3.8, 4) is 0 Å². The number of nitrogens with one attached hydrogen (secondary N) is 1. The van der Waals surface area contributed by atoms with Crippen LogP contribution in [0.4, 0.5) is 11.4 Å². The molecule has 5 nitrogen and oxygen atoms in total. The second kappa shape index (κ2) is 10.3. The summed E-state index contributed by atoms with van der Waals surface area (Å²) in [4.78, 5) is 29.6. The Morgan fingerprint density at radius 3 is 2.33 bits per heavy atom. The van der Waals surface area contributed by atoms with Gasteiger partial charge in [-0.1, -0.05) is 31.9 Å². The molecule has 1 aliphatic heterocycles. The van der Waals surface area contributed by atoms with Crippen LogP contribution in [0.25, 0.3) is 0 Å². The Kier molecular flexibility index (Phi) is 7.50. The van der Waals surface area contributed by atoms with E-state index in [-0.39, 0.29) is 11.8 Å². The summed E-state index contributed by atoms with van der Waals surface area (Å²) in [7, 11) is 3.85. The number of hydrogen-bond acceptors (Lipinski definition) is 3. The van der Waals surface area contributed by atoms with Gasteiger partial charge in [0.15, 0.2) is 0 Å². The summed E-state index contributed by atoms with van der Waals surface area (Å²) in [6, 6.07) is 13.4. The number of unbranched alkanes of at least 4 members (excludes halogenated alkanes) is 2. The molecule has 0 aromatic heterocycles. The van der Waals surface area contributed by atoms with E-state index in [1.54, 1.807) is 6.07 Å². The maximum absolute atomic E-state index is 13.0. The third-order valence-electron chi connectivity index (χ3n) is 5.65. The Labute approximate surface area is 180 Å². The van der Waals surface area contributed by atoms with Gasteiger partial charge < -0.3 is 15.1 Å². The first kappa shape index (κ1) is 21.9. The number of rotatable bonds is 8. The van der Waals surface area contributed by atoms with Crippen molar-refractivity contribution in [2.24, 2.45) is 0 Å². The monoisotopic (exact) mass is 407 g/mol. The number of carbonyl (C=O) groups excluding carboxylic acids is 2. The number of aryl methyl sites for hydroxylation is 1. The molecule has 1 heterocycles. The molecule has 2 amide bonds. The molecule has 5 heteroatoms. The van der Waals surface area contributed by atoms with Gasteiger partial charge in [-0.2, -0.15) is 0 Å². The summed E-state index contributed by atoms with van der Waals surface area (Å²) < 4.78 is 0. The molecule has 0 saturated carbocycles. The largest absolute Gasteiger partial charge is 0.377 e. The first-order chi connectivity index (χ1) is 14.5. The zero-order valence-electron chi connectivity index (χ0n) is 18.4. The number of carbonyl (C=O) groups is 2. The molecule has 2 aromatic carbocycles. The molecule has 1 N–H and O–H groups in total. The van der Waals surface area contributed by atoms with E-state index in [0.29, 0.717) is 16.8 Å². The number of nitrogens with zero attached hydrogens (tertiary/aromatic N) is 2. The molecule has 0 spiro atoms. The number of benzene rings is 2. The van der Waals surface area contributed by atoms with Gasteiger partial charge in [0.1, 0.15) is 0 Å². The first-order valence-corrected chi connectivity index (χ1v) is 11.0. The molecule has 1 saturated heterocycles. The molecule has 160 valence electrons. The fraction of sp³-hybridized carbons (Fsp3) is 0.440. The summed E-state index contributed by atoms with van der Waals surface area (Å²) in [5.41, 5.74) is 4.01. The van der Waals surface area contributed by atoms with Gasteiger partial charge in [0.2, 0.25) is 0 Å². The van der Waals surface area contributed by atoms with E-state index < -0.39 is 0 Å². The Morgan fingerprint density at radius 1 is 1.00 bits per heavy atom. The molecule has 3 rings (SSSR count). The van der Waals surface area contributed by atoms with Gasteiger partial charge in [-0.05, 0) is 61.6 Å². The summed E-state index contributed by atoms with van der Waals surface area (Å²) in [5.74, 6) is -0.129. The molecule has 0 aliphatic carbocycles. The van der Waals surface area contributed by atoms with E-state index >= 15 is 0 Å². The predicted octanol–water partition coefficient (Wildman–Crippen LogP) is 4.97. The molecule has 0 radical (unpaired) electrons. The lowest BCUT2D eigenvalue weighted by Crippen LogP contribution is -2.29. The maximum Gasteiger partial charge on any atom is 0.256 e. The molecule has 1 aliphatic rings. The molecule has 0 atom stereocenters. The van der Waals surface area contributed by atoms with Crippen molar-refractivity contribution in [2.45, 2.75) is 45.4 Å². The number of hydrogen-bond donors (Lipinski definition) is 1. The second-order valence-electron chi connectivity index (χ2n) is 8.23. The summed E-state index contributed by atoms with van der Waals surface area (Å²) in [5, 5.41) is 2.95. The third kappa shape index (κ3) is 5.41. The molecule has 0 unspecified atom stereocenters. The van der Waals surface area contributed by atoms with E-state index in [9.17, 15) is 9.59 Å². The van der Waals surface area contributed by atoms with Gasteiger partial charge in [0, 0.05) is 44.1 Å². The van der Waals surface area contributed by atoms with Crippen LogP contribution in [0.2, 0.25) is 0 Å². The van der Waals surface area contributed by atoms with Gasteiger partial charge in [-0.3, -0.25) is 9.59 Å². The van der Waals surface area contributed by atoms with Gasteiger partial charge in [0.05, 0.1) is 5.56 Å². The van der Waals surface area contributed by atoms with Crippen LogP contribution >= 0.6 is 0 Å². The SMILES string of the molecule is CCCCCc1ccc(C(=O)Nc2ccc(N(C)C)c(C(=O)N3CCCC3)c2)cc1. The van der Waals surface area contributed by atoms with Crippen LogP contribution in [-0.4, -0.2) is 43.9 Å². The average Bonchev–Trinajstić information content (AvgIpc) is 3.28. The Bertz CT molecular complexity index is 868. The summed E-state index contributed by atoms with van der Waals surface area (Å²) >= 11 is 0. The lowest BCUT2D eigenvalue weighted by Gasteiger charge is -2.22. The van der Waals surface area contributed by atoms with Crippen LogP contribution < -0.4 is 10.2 Å². The number of anilines is 2. The summed E-state index contributed by atoms with van der Waals surface area (Å²) in [6.45, 7) is 3.79. The fourth-order valence-corrected chi connectivity index (χ4v) is 3.87. The first-order valence-electron chi connectivity index (χ1n) is 11.0. The number of amides is 2. The minimum atomic E-state index is -0.160. The molecular formula is C25H33N3O2. The highest BCUT2D eigenvalue weighted by atomic mass is 16.2. The number of likely N-dealkylation sites (tertiary alicyclic amines) is 1. The average molecular weight is 408 g/mol. The van der Waals surface area contributed by atoms with Crippen LogP contribution in [0.15, 0.2) is 42.5 Å². The van der Waals surface area contributed by atoms with Crippen LogP contribution in [0, 0.1) is 0 Å². The van der Waals surface area contributed by atoms with Crippen molar-refractivity contribution >= 4 is 23.2 Å². The van der Waals surface area contributed by atoms with Crippen molar-refractivity contribution in [2.75, 3.05) is 37.4 Å². The topological polar surface area (TPSA) is 52.7 Å². The lowest BCUT2D eigenvalue weighted by atomic mass is 10.0. The van der Waals surface area contributed by atoms with Gasteiger partial charge in [0.25, 0.3) is 11.8 Å². The van der Waals surface area contributed by atoms with Crippen LogP contribution in [0.3, 0.4) is 0 Å². The predicted molar refractivity (Wildman–Crippen MR) is 124 cm³/mol. The lowest BCUT2D eigenvalue weighted by molar-refractivity contribution is 0.0793. The molecule has 0 bridgehead atoms. The standard InChI is InChI=1S/C25H33N3O2/c1-4-5-6-9-19-10-12-20(13-11-19)24(29)26-21-14-15-23(27(2)3)22(18-21)25(30)28-16-7-8-17-28/h10-15,18H,4-9,16-17H2,1-3H3,(H,26,29). The third-order valence-corrected chi connectivity index (χ3v) is 5.65. The molecule has 2 aromatic rings. The molecular weight excluding hydrogens is 374 g/mol. The Morgan fingerprint density at radius 2 is 1.70 bits per heavy atom. The summed E-state index contributed by atoms with van der Waals surface area (Å²) in [6.07, 6.45) is 6.75. The van der Waals surface area contributed by atoms with Crippen molar-refractivity contribution in [3.63, 3.8) is 0 Å². The van der Waals surface area contributed by atoms with Crippen molar-refractivity contribution in [3.05, 3.63) is 59.2 Å². The highest BCUT2D eigenvalue weighted by Crippen LogP contribution is 2.26. The molecule has 30 heavy (non-hydrogen) atoms. The van der Waals surface area contributed by atoms with Crippen molar-refractivity contribution < 1.29 is 9.59 Å². The van der Waals surface area contributed by atoms with Crippen LogP contribution in [-0.2, 0) is 6.42 Å². The van der Waals surface area contributed by atoms with Gasteiger partial charge in [-0.15, -0.1) is 0 Å². The minimum absolute atomic E-state index is 0.0312. The maximum atomic E-state index is 13.0.